The van der Waals surface area contributed by atoms with Crippen LogP contribution in [0, 0.1) is 24.7 Å². The highest BCUT2D eigenvalue weighted by Gasteiger charge is 2.43. The minimum absolute atomic E-state index is 0.157. The van der Waals surface area contributed by atoms with Gasteiger partial charge in [-0.3, -0.25) is 0 Å². The largest absolute Gasteiger partial charge is 0.416 e. The number of nitrogens with zero attached hydrogens (tertiary/aromatic N) is 6. The molecule has 0 amide bonds. The zero-order chi connectivity index (χ0) is 24.9. The Morgan fingerprint density at radius 3 is 2.56 bits per heavy atom. The van der Waals surface area contributed by atoms with Gasteiger partial charge in [0.25, 0.3) is 0 Å². The fourth-order valence-corrected chi connectivity index (χ4v) is 6.58. The van der Waals surface area contributed by atoms with E-state index in [0.29, 0.717) is 23.3 Å². The molecule has 1 unspecified atom stereocenters. The third-order valence-electron chi connectivity index (χ3n) is 8.35. The molecule has 190 valence electrons. The molecule has 0 spiro atoms. The molecule has 1 saturated heterocycles. The average Bonchev–Trinajstić information content (AvgIpc) is 3.25. The molecule has 2 aromatic heterocycles. The van der Waals surface area contributed by atoms with Gasteiger partial charge in [-0.15, -0.1) is 0 Å². The lowest BCUT2D eigenvalue weighted by Gasteiger charge is -2.38. The Balaban J connectivity index is 1.22. The van der Waals surface area contributed by atoms with Crippen molar-refractivity contribution in [3.63, 3.8) is 0 Å². The first-order chi connectivity index (χ1) is 17.3. The van der Waals surface area contributed by atoms with Gasteiger partial charge in [0.1, 0.15) is 18.0 Å². The van der Waals surface area contributed by atoms with Crippen LogP contribution >= 0.6 is 0 Å². The molecule has 4 atom stereocenters. The molecule has 6 nitrogen and oxygen atoms in total. The van der Waals surface area contributed by atoms with Crippen molar-refractivity contribution in [2.24, 2.45) is 17.8 Å². The minimum atomic E-state index is -4.35. The summed E-state index contributed by atoms with van der Waals surface area (Å²) in [5, 5.41) is 4.89. The molecular weight excluding hydrogens is 465 g/mol. The van der Waals surface area contributed by atoms with Gasteiger partial charge in [-0.05, 0) is 62.0 Å². The predicted molar refractivity (Wildman–Crippen MR) is 130 cm³/mol. The summed E-state index contributed by atoms with van der Waals surface area (Å²) in [5.41, 5.74) is 1.06. The van der Waals surface area contributed by atoms with E-state index in [0.717, 1.165) is 74.5 Å². The standard InChI is InChI=1S/C27H31F3N6/c1-17-11-25(32-16-31-17)35-14-19-8-9-20(15-35)23(19)13-24-33-26-22(7-2-3-10-36(26)34-24)18-5-4-6-21(12-18)27(28,29)30/h4-6,11-12,16,19-20,22-23H,2-3,7-10,13-15H2,1H3/t19-,20+,22-,23?/m0/s1. The summed E-state index contributed by atoms with van der Waals surface area (Å²) < 4.78 is 42.1. The van der Waals surface area contributed by atoms with E-state index in [-0.39, 0.29) is 5.92 Å². The van der Waals surface area contributed by atoms with Crippen LogP contribution in [0.1, 0.15) is 66.5 Å². The second kappa shape index (κ2) is 9.16. The Bertz CT molecular complexity index is 1220. The van der Waals surface area contributed by atoms with Crippen LogP contribution in [0.5, 0.6) is 0 Å². The van der Waals surface area contributed by atoms with Crippen LogP contribution < -0.4 is 4.90 Å². The van der Waals surface area contributed by atoms with Crippen molar-refractivity contribution >= 4 is 5.82 Å². The number of hydrogen-bond donors (Lipinski definition) is 0. The lowest BCUT2D eigenvalue weighted by Crippen LogP contribution is -2.43. The van der Waals surface area contributed by atoms with Crippen molar-refractivity contribution in [1.82, 2.24) is 24.7 Å². The van der Waals surface area contributed by atoms with E-state index in [2.05, 4.69) is 20.9 Å². The zero-order valence-electron chi connectivity index (χ0n) is 20.5. The van der Waals surface area contributed by atoms with Gasteiger partial charge in [0.15, 0.2) is 5.82 Å². The van der Waals surface area contributed by atoms with Gasteiger partial charge >= 0.3 is 6.18 Å². The monoisotopic (exact) mass is 496 g/mol. The van der Waals surface area contributed by atoms with Gasteiger partial charge < -0.3 is 4.90 Å². The van der Waals surface area contributed by atoms with Crippen LogP contribution in [0.4, 0.5) is 19.0 Å². The molecule has 1 aliphatic carbocycles. The molecule has 3 aliphatic rings. The molecule has 3 aromatic rings. The van der Waals surface area contributed by atoms with Gasteiger partial charge in [0, 0.05) is 43.7 Å². The van der Waals surface area contributed by atoms with Gasteiger partial charge in [-0.2, -0.15) is 18.3 Å². The van der Waals surface area contributed by atoms with Crippen LogP contribution in [-0.4, -0.2) is 37.8 Å². The molecule has 0 N–H and O–H groups in total. The maximum atomic E-state index is 13.4. The lowest BCUT2D eigenvalue weighted by molar-refractivity contribution is -0.137. The SMILES string of the molecule is Cc1cc(N2C[C@H]3CC[C@@H](C2)C3Cc2nc3n(n2)CCCC[C@H]3c2cccc(C(F)(F)F)c2)ncn1. The highest BCUT2D eigenvalue weighted by atomic mass is 19.4. The molecule has 0 radical (unpaired) electrons. The maximum absolute atomic E-state index is 13.4. The van der Waals surface area contributed by atoms with Crippen molar-refractivity contribution in [2.45, 2.75) is 64.1 Å². The molecule has 1 aromatic carbocycles. The van der Waals surface area contributed by atoms with Gasteiger partial charge in [0.05, 0.1) is 5.56 Å². The number of aryl methyl sites for hydroxylation is 2. The van der Waals surface area contributed by atoms with Crippen LogP contribution in [0.25, 0.3) is 0 Å². The zero-order valence-corrected chi connectivity index (χ0v) is 20.5. The summed E-state index contributed by atoms with van der Waals surface area (Å²) in [6.45, 7) is 4.74. The summed E-state index contributed by atoms with van der Waals surface area (Å²) in [6.07, 6.45) is 3.24. The lowest BCUT2D eigenvalue weighted by atomic mass is 9.82. The number of benzene rings is 1. The van der Waals surface area contributed by atoms with E-state index >= 15 is 0 Å². The Morgan fingerprint density at radius 2 is 1.81 bits per heavy atom. The third kappa shape index (κ3) is 4.48. The van der Waals surface area contributed by atoms with Gasteiger partial charge in [0.2, 0.25) is 0 Å². The van der Waals surface area contributed by atoms with Crippen molar-refractivity contribution in [1.29, 1.82) is 0 Å². The molecule has 36 heavy (non-hydrogen) atoms. The number of piperidine rings is 1. The van der Waals surface area contributed by atoms with E-state index in [1.807, 2.05) is 11.6 Å². The highest BCUT2D eigenvalue weighted by Crippen LogP contribution is 2.44. The van der Waals surface area contributed by atoms with Crippen LogP contribution in [0.15, 0.2) is 36.7 Å². The van der Waals surface area contributed by atoms with Gasteiger partial charge in [-0.1, -0.05) is 24.6 Å². The topological polar surface area (TPSA) is 59.7 Å². The first-order valence-electron chi connectivity index (χ1n) is 13.0. The second-order valence-electron chi connectivity index (χ2n) is 10.7. The third-order valence-corrected chi connectivity index (χ3v) is 8.35. The normalized spacial score (nSPS) is 26.1. The Kier molecular flexibility index (Phi) is 5.96. The molecule has 2 fully saturated rings. The average molecular weight is 497 g/mol. The Hall–Kier alpha value is -2.97. The molecule has 9 heteroatoms. The van der Waals surface area contributed by atoms with Crippen LogP contribution in [0.3, 0.4) is 0 Å². The summed E-state index contributed by atoms with van der Waals surface area (Å²) in [5.74, 6) is 4.19. The number of halogens is 3. The Labute approximate surface area is 209 Å². The summed E-state index contributed by atoms with van der Waals surface area (Å²) in [4.78, 5) is 16.1. The fourth-order valence-electron chi connectivity index (χ4n) is 6.58. The Morgan fingerprint density at radius 1 is 1.00 bits per heavy atom. The number of aromatic nitrogens is 5. The molecule has 6 rings (SSSR count). The van der Waals surface area contributed by atoms with E-state index in [1.165, 1.54) is 25.0 Å². The van der Waals surface area contributed by atoms with Gasteiger partial charge in [-0.25, -0.2) is 19.6 Å². The molecular formula is C27H31F3N6. The summed E-state index contributed by atoms with van der Waals surface area (Å²) >= 11 is 0. The molecule has 1 saturated carbocycles. The van der Waals surface area contributed by atoms with E-state index in [9.17, 15) is 13.2 Å². The van der Waals surface area contributed by atoms with Crippen LogP contribution in [-0.2, 0) is 19.1 Å². The first kappa shape index (κ1) is 23.4. The predicted octanol–water partition coefficient (Wildman–Crippen LogP) is 5.42. The number of alkyl halides is 3. The highest BCUT2D eigenvalue weighted by molar-refractivity contribution is 5.40. The smallest absolute Gasteiger partial charge is 0.356 e. The molecule has 2 bridgehead atoms. The van der Waals surface area contributed by atoms with E-state index in [1.54, 1.807) is 12.4 Å². The second-order valence-corrected chi connectivity index (χ2v) is 10.7. The van der Waals surface area contributed by atoms with E-state index < -0.39 is 11.7 Å². The number of rotatable bonds is 4. The van der Waals surface area contributed by atoms with Crippen molar-refractivity contribution in [2.75, 3.05) is 18.0 Å². The van der Waals surface area contributed by atoms with Crippen molar-refractivity contribution < 1.29 is 13.2 Å². The summed E-state index contributed by atoms with van der Waals surface area (Å²) in [6, 6.07) is 7.80. The number of anilines is 1. The molecule has 4 heterocycles. The minimum Gasteiger partial charge on any atom is -0.356 e. The molecule has 2 aliphatic heterocycles. The van der Waals surface area contributed by atoms with Crippen molar-refractivity contribution in [3.05, 3.63) is 65.1 Å². The van der Waals surface area contributed by atoms with Crippen LogP contribution in [0.2, 0.25) is 0 Å². The maximum Gasteiger partial charge on any atom is 0.416 e. The van der Waals surface area contributed by atoms with E-state index in [4.69, 9.17) is 10.1 Å². The number of hydrogen-bond acceptors (Lipinski definition) is 5. The van der Waals surface area contributed by atoms with Crippen molar-refractivity contribution in [3.8, 4) is 0 Å². The quantitative estimate of drug-likeness (QED) is 0.483. The fraction of sp³-hybridized carbons (Fsp3) is 0.556. The first-order valence-corrected chi connectivity index (χ1v) is 13.0. The summed E-state index contributed by atoms with van der Waals surface area (Å²) in [7, 11) is 0. The number of fused-ring (bicyclic) bond motifs is 3.